The Kier molecular flexibility index (Phi) is 16.7. The molecule has 2 aromatic rings. The van der Waals surface area contributed by atoms with Gasteiger partial charge in [0.05, 0.1) is 12.0 Å². The first-order valence-corrected chi connectivity index (χ1v) is 19.6. The van der Waals surface area contributed by atoms with E-state index in [0.717, 1.165) is 30.4 Å². The molecule has 8 heteroatoms. The second-order valence-corrected chi connectivity index (χ2v) is 14.9. The van der Waals surface area contributed by atoms with Crippen molar-refractivity contribution in [3.63, 3.8) is 0 Å². The highest BCUT2D eigenvalue weighted by molar-refractivity contribution is 7.99. The van der Waals surface area contributed by atoms with E-state index in [0.29, 0.717) is 12.8 Å². The summed E-state index contributed by atoms with van der Waals surface area (Å²) in [6, 6.07) is 18.8. The highest BCUT2D eigenvalue weighted by Gasteiger charge is 2.60. The molecule has 1 aliphatic rings. The number of aliphatic hydroxyl groups is 1. The van der Waals surface area contributed by atoms with E-state index in [1.54, 1.807) is 13.0 Å². The average Bonchev–Trinajstić information content (AvgIpc) is 3.41. The van der Waals surface area contributed by atoms with Crippen molar-refractivity contribution in [2.45, 2.75) is 122 Å². The Balaban J connectivity index is 1.80. The lowest BCUT2D eigenvalue weighted by molar-refractivity contribution is -0.169. The predicted octanol–water partition coefficient (Wildman–Crippen LogP) is 9.54. The Morgan fingerprint density at radius 3 is 1.94 bits per heavy atom. The first-order chi connectivity index (χ1) is 23.1. The van der Waals surface area contributed by atoms with Crippen molar-refractivity contribution in [2.75, 3.05) is 11.5 Å². The van der Waals surface area contributed by atoms with Gasteiger partial charge in [0.25, 0.3) is 5.17 Å². The van der Waals surface area contributed by atoms with Crippen LogP contribution >= 0.6 is 24.0 Å². The number of unbranched alkanes of at least 4 members (excludes halogenated alkanes) is 8. The van der Waals surface area contributed by atoms with E-state index in [1.165, 1.54) is 54.9 Å². The Bertz CT molecular complexity index is 1260. The van der Waals surface area contributed by atoms with Crippen LogP contribution in [0.4, 0.5) is 0 Å². The lowest BCUT2D eigenvalue weighted by Crippen LogP contribution is -2.56. The Labute approximate surface area is 298 Å². The molecule has 0 radical (unpaired) electrons. The molecule has 1 aliphatic heterocycles. The van der Waals surface area contributed by atoms with Crippen LogP contribution in [0.15, 0.2) is 72.8 Å². The van der Waals surface area contributed by atoms with Gasteiger partial charge in [0, 0.05) is 11.1 Å². The molecule has 3 atom stereocenters. The quantitative estimate of drug-likeness (QED) is 0.0721. The van der Waals surface area contributed by atoms with E-state index in [4.69, 9.17) is 17.0 Å². The highest BCUT2D eigenvalue weighted by Crippen LogP contribution is 2.48. The summed E-state index contributed by atoms with van der Waals surface area (Å²) in [6.45, 7) is 8.07. The van der Waals surface area contributed by atoms with Crippen LogP contribution in [0.5, 0.6) is 0 Å². The first-order valence-electron chi connectivity index (χ1n) is 18.0. The van der Waals surface area contributed by atoms with Crippen molar-refractivity contribution in [2.24, 2.45) is 11.8 Å². The largest absolute Gasteiger partial charge is 0.479 e. The van der Waals surface area contributed by atoms with Crippen LogP contribution in [0.25, 0.3) is 0 Å². The standard InChI is InChI=1S/C40H57NO5S2/c1-5-7-8-12-21-29-48-30-22-13-10-9-11-20-27-34(39(45,28-6-2)37(43)44)36(42)41-35(31(3)4)40(46-38(41)47,32-23-16-14-17-24-32)33-25-18-15-19-26-33/h14-20,23-27,31,34-35,45H,5-13,21-22,28-30H2,1-4H3,(H,43,44)/t34-,35+,39+/m1/s1. The molecule has 0 spiro atoms. The summed E-state index contributed by atoms with van der Waals surface area (Å²) in [5.74, 6) is -1.02. The van der Waals surface area contributed by atoms with Crippen molar-refractivity contribution in [3.8, 4) is 0 Å². The molecule has 2 aromatic carbocycles. The number of hydrogen-bond acceptors (Lipinski definition) is 6. The maximum Gasteiger partial charge on any atom is 0.336 e. The summed E-state index contributed by atoms with van der Waals surface area (Å²) >= 11 is 7.85. The van der Waals surface area contributed by atoms with Gasteiger partial charge in [-0.1, -0.05) is 145 Å². The van der Waals surface area contributed by atoms with E-state index in [9.17, 15) is 19.8 Å². The van der Waals surface area contributed by atoms with Gasteiger partial charge in [0.15, 0.2) is 11.2 Å². The van der Waals surface area contributed by atoms with Crippen molar-refractivity contribution in [1.82, 2.24) is 4.90 Å². The molecule has 1 heterocycles. The number of carbonyl (C=O) groups excluding carboxylic acids is 1. The predicted molar refractivity (Wildman–Crippen MR) is 202 cm³/mol. The van der Waals surface area contributed by atoms with Gasteiger partial charge in [-0.25, -0.2) is 4.79 Å². The van der Waals surface area contributed by atoms with E-state index in [-0.39, 0.29) is 17.5 Å². The van der Waals surface area contributed by atoms with Gasteiger partial charge in [-0.05, 0) is 61.7 Å². The number of nitrogens with zero attached hydrogens (tertiary/aromatic N) is 1. The zero-order valence-corrected chi connectivity index (χ0v) is 31.1. The van der Waals surface area contributed by atoms with Crippen LogP contribution in [0.2, 0.25) is 0 Å². The molecule has 0 aromatic heterocycles. The summed E-state index contributed by atoms with van der Waals surface area (Å²) in [4.78, 5) is 28.8. The fourth-order valence-electron chi connectivity index (χ4n) is 6.87. The average molecular weight is 696 g/mol. The first kappa shape index (κ1) is 39.8. The fraction of sp³-hybridized carbons (Fsp3) is 0.575. The summed E-state index contributed by atoms with van der Waals surface area (Å²) in [7, 11) is 0. The lowest BCUT2D eigenvalue weighted by Gasteiger charge is -2.39. The Hall–Kier alpha value is -2.68. The van der Waals surface area contributed by atoms with E-state index < -0.39 is 35.0 Å². The molecule has 0 saturated carbocycles. The SMILES string of the molecule is CCCCCCCSCCCCCCC=C[C@H](C(=O)N1C(=S)OC(c2ccccc2)(c2ccccc2)[C@@H]1C(C)C)[C@@](O)(CCC)C(=O)O. The maximum atomic E-state index is 14.7. The second-order valence-electron chi connectivity index (χ2n) is 13.3. The zero-order valence-electron chi connectivity index (χ0n) is 29.4. The minimum absolute atomic E-state index is 0.0205. The van der Waals surface area contributed by atoms with E-state index in [1.807, 2.05) is 92.3 Å². The molecule has 264 valence electrons. The van der Waals surface area contributed by atoms with Gasteiger partial charge in [-0.2, -0.15) is 11.8 Å². The second kappa shape index (κ2) is 20.1. The zero-order chi connectivity index (χ0) is 35.0. The summed E-state index contributed by atoms with van der Waals surface area (Å²) in [6.07, 6.45) is 15.4. The smallest absolute Gasteiger partial charge is 0.336 e. The third-order valence-electron chi connectivity index (χ3n) is 9.33. The van der Waals surface area contributed by atoms with Crippen LogP contribution in [0, 0.1) is 11.8 Å². The number of amides is 1. The Morgan fingerprint density at radius 1 is 0.896 bits per heavy atom. The third-order valence-corrected chi connectivity index (χ3v) is 10.8. The van der Waals surface area contributed by atoms with Crippen LogP contribution < -0.4 is 0 Å². The van der Waals surface area contributed by atoms with Gasteiger partial charge in [0.2, 0.25) is 5.91 Å². The molecule has 3 rings (SSSR count). The summed E-state index contributed by atoms with van der Waals surface area (Å²) in [5, 5.41) is 22.0. The maximum absolute atomic E-state index is 14.7. The van der Waals surface area contributed by atoms with E-state index in [2.05, 4.69) is 6.92 Å². The number of thiocarbonyl (C=S) groups is 1. The molecule has 48 heavy (non-hydrogen) atoms. The number of ether oxygens (including phenoxy) is 1. The number of hydrogen-bond donors (Lipinski definition) is 2. The van der Waals surface area contributed by atoms with Crippen LogP contribution in [0.1, 0.15) is 116 Å². The molecule has 1 fully saturated rings. The van der Waals surface area contributed by atoms with Crippen molar-refractivity contribution in [1.29, 1.82) is 0 Å². The normalized spacial score (nSPS) is 17.8. The van der Waals surface area contributed by atoms with Crippen LogP contribution in [0.3, 0.4) is 0 Å². The molecule has 0 unspecified atom stereocenters. The number of aliphatic carboxylic acids is 1. The number of benzene rings is 2. The third kappa shape index (κ3) is 9.95. The summed E-state index contributed by atoms with van der Waals surface area (Å²) < 4.78 is 6.62. The molecular weight excluding hydrogens is 639 g/mol. The molecule has 1 saturated heterocycles. The number of thioether (sulfide) groups is 1. The molecular formula is C40H57NO5S2. The number of carbonyl (C=O) groups is 2. The van der Waals surface area contributed by atoms with Crippen LogP contribution in [-0.2, 0) is 19.9 Å². The van der Waals surface area contributed by atoms with Crippen LogP contribution in [-0.4, -0.2) is 55.3 Å². The summed E-state index contributed by atoms with van der Waals surface area (Å²) in [5.41, 5.74) is -1.73. The minimum atomic E-state index is -2.29. The number of allylic oxidation sites excluding steroid dienone is 1. The Morgan fingerprint density at radius 2 is 1.44 bits per heavy atom. The van der Waals surface area contributed by atoms with Gasteiger partial charge in [-0.3, -0.25) is 9.69 Å². The number of rotatable bonds is 22. The highest BCUT2D eigenvalue weighted by atomic mass is 32.2. The topological polar surface area (TPSA) is 87.1 Å². The molecule has 0 aliphatic carbocycles. The fourth-order valence-corrected chi connectivity index (χ4v) is 8.22. The number of carboxylic acid groups (broad SMARTS) is 1. The minimum Gasteiger partial charge on any atom is -0.479 e. The van der Waals surface area contributed by atoms with Gasteiger partial charge in [-0.15, -0.1) is 0 Å². The number of carboxylic acids is 1. The molecule has 6 nitrogen and oxygen atoms in total. The lowest BCUT2D eigenvalue weighted by atomic mass is 9.75. The molecule has 1 amide bonds. The van der Waals surface area contributed by atoms with Crippen molar-refractivity contribution < 1.29 is 24.5 Å². The monoisotopic (exact) mass is 695 g/mol. The molecule has 2 N–H and O–H groups in total. The van der Waals surface area contributed by atoms with Gasteiger partial charge < -0.3 is 14.9 Å². The van der Waals surface area contributed by atoms with Crippen molar-refractivity contribution >= 4 is 41.0 Å². The van der Waals surface area contributed by atoms with Crippen molar-refractivity contribution in [3.05, 3.63) is 83.9 Å². The van der Waals surface area contributed by atoms with Gasteiger partial charge >= 0.3 is 5.97 Å². The molecule has 0 bridgehead atoms. The van der Waals surface area contributed by atoms with Gasteiger partial charge in [0.1, 0.15) is 0 Å². The van der Waals surface area contributed by atoms with E-state index >= 15 is 0 Å².